The minimum Gasteiger partial charge on any atom is -0.370 e. The number of hydrogen-bond donors (Lipinski definition) is 3. The molecule has 0 aliphatic carbocycles. The lowest BCUT2D eigenvalue weighted by molar-refractivity contribution is -0.111. The van der Waals surface area contributed by atoms with E-state index in [0.29, 0.717) is 17.3 Å². The summed E-state index contributed by atoms with van der Waals surface area (Å²) < 4.78 is 0. The number of nitrogens with zero attached hydrogens (tertiary/aromatic N) is 4. The van der Waals surface area contributed by atoms with E-state index in [9.17, 15) is 15.2 Å². The Morgan fingerprint density at radius 3 is 2.39 bits per heavy atom. The van der Waals surface area contributed by atoms with Crippen LogP contribution in [-0.4, -0.2) is 67.5 Å². The molecule has 2 fully saturated rings. The summed E-state index contributed by atoms with van der Waals surface area (Å²) in [6.45, 7) is 3.84. The Morgan fingerprint density at radius 2 is 1.76 bits per heavy atom. The minimum atomic E-state index is -0.244. The summed E-state index contributed by atoms with van der Waals surface area (Å²) in [5, 5.41) is 22.3. The summed E-state index contributed by atoms with van der Waals surface area (Å²) in [6.07, 6.45) is 6.45. The Bertz CT molecular complexity index is 984. The van der Waals surface area contributed by atoms with E-state index >= 15 is 0 Å². The molecule has 0 saturated carbocycles. The lowest BCUT2D eigenvalue weighted by Gasteiger charge is -2.23. The van der Waals surface area contributed by atoms with Gasteiger partial charge < -0.3 is 20.0 Å². The summed E-state index contributed by atoms with van der Waals surface area (Å²) in [5.41, 5.74) is 3.67. The van der Waals surface area contributed by atoms with E-state index in [2.05, 4.69) is 34.1 Å². The fourth-order valence-corrected chi connectivity index (χ4v) is 4.54. The average Bonchev–Trinajstić information content (AvgIpc) is 3.51. The molecule has 0 bridgehead atoms. The molecule has 2 aliphatic rings. The maximum absolute atomic E-state index is 12.4. The zero-order chi connectivity index (χ0) is 23.4. The molecule has 0 aromatic heterocycles. The molecule has 2 aromatic carbocycles. The van der Waals surface area contributed by atoms with E-state index in [1.807, 2.05) is 36.4 Å². The second-order valence-electron chi connectivity index (χ2n) is 8.95. The van der Waals surface area contributed by atoms with Crippen molar-refractivity contribution in [3.63, 3.8) is 0 Å². The highest BCUT2D eigenvalue weighted by molar-refractivity contribution is 6.02. The molecule has 8 heteroatoms. The third kappa shape index (κ3) is 5.65. The van der Waals surface area contributed by atoms with Crippen LogP contribution in [0.3, 0.4) is 0 Å². The first-order valence-electron chi connectivity index (χ1n) is 11.5. The number of hydrogen-bond acceptors (Lipinski definition) is 7. The van der Waals surface area contributed by atoms with Crippen LogP contribution in [0.2, 0.25) is 0 Å². The second kappa shape index (κ2) is 10.2. The Labute approximate surface area is 195 Å². The molecule has 0 radical (unpaired) electrons. The summed E-state index contributed by atoms with van der Waals surface area (Å²) in [4.78, 5) is 19.2. The molecular formula is C25H33N5O3. The fraction of sp³-hybridized carbons (Fsp3) is 0.400. The number of carbonyl (C=O) groups is 1. The van der Waals surface area contributed by atoms with Crippen LogP contribution in [0.25, 0.3) is 6.08 Å². The van der Waals surface area contributed by atoms with Gasteiger partial charge in [-0.25, -0.2) is 0 Å². The van der Waals surface area contributed by atoms with Gasteiger partial charge in [0.2, 0.25) is 5.91 Å². The summed E-state index contributed by atoms with van der Waals surface area (Å²) in [5.74, 6) is -0.244. The van der Waals surface area contributed by atoms with Crippen molar-refractivity contribution < 1.29 is 15.2 Å². The van der Waals surface area contributed by atoms with Crippen molar-refractivity contribution in [2.24, 2.45) is 0 Å². The number of amides is 1. The van der Waals surface area contributed by atoms with Gasteiger partial charge in [-0.3, -0.25) is 15.2 Å². The van der Waals surface area contributed by atoms with E-state index in [4.69, 9.17) is 0 Å². The highest BCUT2D eigenvalue weighted by Gasteiger charge is 2.24. The highest BCUT2D eigenvalue weighted by Crippen LogP contribution is 2.32. The second-order valence-corrected chi connectivity index (χ2v) is 8.95. The first-order valence-corrected chi connectivity index (χ1v) is 11.5. The predicted molar refractivity (Wildman–Crippen MR) is 132 cm³/mol. The SMILES string of the molecule is CN(C)C1CCN(c2ccc(NC(=O)C=Cc3ccc(N4CCCC4)c(N(O)O)c3)cc2)C1. The van der Waals surface area contributed by atoms with Crippen LogP contribution in [0, 0.1) is 0 Å². The van der Waals surface area contributed by atoms with E-state index in [1.165, 1.54) is 6.08 Å². The molecule has 33 heavy (non-hydrogen) atoms. The van der Waals surface area contributed by atoms with Gasteiger partial charge in [0.05, 0.1) is 5.69 Å². The third-order valence-electron chi connectivity index (χ3n) is 6.48. The summed E-state index contributed by atoms with van der Waals surface area (Å²) in [7, 11) is 4.24. The topological polar surface area (TPSA) is 82.5 Å². The van der Waals surface area contributed by atoms with E-state index in [-0.39, 0.29) is 11.1 Å². The van der Waals surface area contributed by atoms with Crippen LogP contribution >= 0.6 is 0 Å². The maximum Gasteiger partial charge on any atom is 0.248 e. The third-order valence-corrected chi connectivity index (χ3v) is 6.48. The van der Waals surface area contributed by atoms with Gasteiger partial charge in [0.1, 0.15) is 5.69 Å². The van der Waals surface area contributed by atoms with Crippen LogP contribution in [0.5, 0.6) is 0 Å². The van der Waals surface area contributed by atoms with Gasteiger partial charge in [-0.1, -0.05) is 6.07 Å². The van der Waals surface area contributed by atoms with Gasteiger partial charge in [-0.15, -0.1) is 5.23 Å². The van der Waals surface area contributed by atoms with Crippen LogP contribution in [0.1, 0.15) is 24.8 Å². The number of carbonyl (C=O) groups excluding carboxylic acids is 1. The molecule has 2 saturated heterocycles. The molecule has 2 aliphatic heterocycles. The van der Waals surface area contributed by atoms with Crippen LogP contribution in [0.4, 0.5) is 22.7 Å². The number of rotatable bonds is 7. The Kier molecular flexibility index (Phi) is 7.17. The van der Waals surface area contributed by atoms with Gasteiger partial charge in [0.15, 0.2) is 0 Å². The fourth-order valence-electron chi connectivity index (χ4n) is 4.54. The first-order chi connectivity index (χ1) is 15.9. The molecule has 2 aromatic rings. The van der Waals surface area contributed by atoms with Crippen molar-refractivity contribution >= 4 is 34.7 Å². The van der Waals surface area contributed by atoms with Gasteiger partial charge in [-0.05, 0) is 81.4 Å². The van der Waals surface area contributed by atoms with Crippen molar-refractivity contribution in [1.29, 1.82) is 0 Å². The van der Waals surface area contributed by atoms with Gasteiger partial charge >= 0.3 is 0 Å². The largest absolute Gasteiger partial charge is 0.370 e. The predicted octanol–water partition coefficient (Wildman–Crippen LogP) is 3.66. The molecule has 0 spiro atoms. The quantitative estimate of drug-likeness (QED) is 0.438. The molecule has 1 atom stereocenters. The summed E-state index contributed by atoms with van der Waals surface area (Å²) in [6, 6.07) is 13.9. The van der Waals surface area contributed by atoms with Crippen LogP contribution < -0.4 is 20.3 Å². The first kappa shape index (κ1) is 23.1. The molecular weight excluding hydrogens is 418 g/mol. The zero-order valence-corrected chi connectivity index (χ0v) is 19.3. The normalized spacial score (nSPS) is 18.5. The lowest BCUT2D eigenvalue weighted by Crippen LogP contribution is -2.31. The van der Waals surface area contributed by atoms with E-state index in [1.54, 1.807) is 12.1 Å². The lowest BCUT2D eigenvalue weighted by atomic mass is 10.1. The van der Waals surface area contributed by atoms with Crippen molar-refractivity contribution in [1.82, 2.24) is 4.90 Å². The van der Waals surface area contributed by atoms with Crippen molar-refractivity contribution in [2.75, 3.05) is 60.6 Å². The van der Waals surface area contributed by atoms with E-state index in [0.717, 1.165) is 62.5 Å². The van der Waals surface area contributed by atoms with Crippen molar-refractivity contribution in [3.8, 4) is 0 Å². The standard InChI is InChI=1S/C25H33N5O3/c1-27(2)22-13-16-29(18-22)21-9-7-20(8-10-21)26-25(31)12-6-19-5-11-23(24(17-19)30(32)33)28-14-3-4-15-28/h5-12,17,22,32-33H,3-4,13-16,18H2,1-2H3,(H,26,31). The Balaban J connectivity index is 1.36. The Morgan fingerprint density at radius 1 is 1.03 bits per heavy atom. The average molecular weight is 452 g/mol. The molecule has 1 amide bonds. The molecule has 2 heterocycles. The monoisotopic (exact) mass is 451 g/mol. The van der Waals surface area contributed by atoms with Gasteiger partial charge in [-0.2, -0.15) is 0 Å². The van der Waals surface area contributed by atoms with Crippen LogP contribution in [-0.2, 0) is 4.79 Å². The minimum absolute atomic E-state index is 0.147. The molecule has 3 N–H and O–H groups in total. The molecule has 1 unspecified atom stereocenters. The summed E-state index contributed by atoms with van der Waals surface area (Å²) >= 11 is 0. The number of anilines is 4. The molecule has 8 nitrogen and oxygen atoms in total. The number of nitrogens with one attached hydrogen (secondary N) is 1. The van der Waals surface area contributed by atoms with Crippen LogP contribution in [0.15, 0.2) is 48.5 Å². The smallest absolute Gasteiger partial charge is 0.248 e. The van der Waals surface area contributed by atoms with Crippen molar-refractivity contribution in [3.05, 3.63) is 54.1 Å². The maximum atomic E-state index is 12.4. The highest BCUT2D eigenvalue weighted by atomic mass is 16.8. The van der Waals surface area contributed by atoms with Gasteiger partial charge in [0.25, 0.3) is 0 Å². The van der Waals surface area contributed by atoms with Crippen molar-refractivity contribution in [2.45, 2.75) is 25.3 Å². The van der Waals surface area contributed by atoms with E-state index < -0.39 is 0 Å². The number of benzene rings is 2. The number of likely N-dealkylation sites (N-methyl/N-ethyl adjacent to an activating group) is 1. The Hall–Kier alpha value is -3.07. The zero-order valence-electron chi connectivity index (χ0n) is 19.3. The molecule has 176 valence electrons. The molecule has 4 rings (SSSR count). The van der Waals surface area contributed by atoms with Gasteiger partial charge in [0, 0.05) is 49.7 Å².